The minimum absolute atomic E-state index is 0.0758. The lowest BCUT2D eigenvalue weighted by Crippen LogP contribution is -2.22. The summed E-state index contributed by atoms with van der Waals surface area (Å²) in [6, 6.07) is 14.8. The van der Waals surface area contributed by atoms with Crippen molar-refractivity contribution in [1.82, 2.24) is 0 Å². The first kappa shape index (κ1) is 15.7. The lowest BCUT2D eigenvalue weighted by Gasteiger charge is -2.13. The van der Waals surface area contributed by atoms with Gasteiger partial charge in [-0.3, -0.25) is 4.79 Å². The van der Waals surface area contributed by atoms with Crippen LogP contribution in [0, 0.1) is 0 Å². The van der Waals surface area contributed by atoms with Crippen molar-refractivity contribution in [1.29, 1.82) is 0 Å². The van der Waals surface area contributed by atoms with E-state index in [2.05, 4.69) is 5.32 Å². The van der Waals surface area contributed by atoms with Crippen molar-refractivity contribution in [2.75, 3.05) is 12.4 Å². The van der Waals surface area contributed by atoms with Gasteiger partial charge < -0.3 is 10.1 Å². The average molecular weight is 322 g/mol. The molecule has 2 aromatic carbocycles. The van der Waals surface area contributed by atoms with Gasteiger partial charge in [0, 0.05) is 16.6 Å². The number of hydrogen-bond acceptors (Lipinski definition) is 3. The molecule has 0 radical (unpaired) electrons. The summed E-state index contributed by atoms with van der Waals surface area (Å²) >= 11 is 7.54. The maximum atomic E-state index is 12.2. The van der Waals surface area contributed by atoms with Gasteiger partial charge >= 0.3 is 0 Å². The summed E-state index contributed by atoms with van der Waals surface area (Å²) in [6.45, 7) is 1.85. The molecule has 0 unspecified atom stereocenters. The number of ether oxygens (including phenoxy) is 1. The van der Waals surface area contributed by atoms with Crippen LogP contribution in [-0.4, -0.2) is 18.3 Å². The average Bonchev–Trinajstić information content (AvgIpc) is 2.49. The number of carbonyl (C=O) groups is 1. The van der Waals surface area contributed by atoms with Crippen molar-refractivity contribution < 1.29 is 9.53 Å². The zero-order valence-electron chi connectivity index (χ0n) is 11.8. The number of methoxy groups -OCH3 is 1. The van der Waals surface area contributed by atoms with Gasteiger partial charge in [0.25, 0.3) is 0 Å². The number of hydrogen-bond donors (Lipinski definition) is 1. The van der Waals surface area contributed by atoms with Crippen LogP contribution in [0.4, 0.5) is 5.69 Å². The van der Waals surface area contributed by atoms with E-state index in [9.17, 15) is 4.79 Å². The molecule has 1 amide bonds. The number of thioether (sulfide) groups is 1. The number of rotatable bonds is 5. The Labute approximate surface area is 133 Å². The molecule has 1 N–H and O–H groups in total. The summed E-state index contributed by atoms with van der Waals surface area (Å²) in [7, 11) is 1.59. The van der Waals surface area contributed by atoms with Crippen LogP contribution in [0.3, 0.4) is 0 Å². The normalized spacial score (nSPS) is 11.8. The molecular weight excluding hydrogens is 306 g/mol. The highest BCUT2D eigenvalue weighted by atomic mass is 35.5. The first-order chi connectivity index (χ1) is 10.1. The van der Waals surface area contributed by atoms with Crippen molar-refractivity contribution in [3.05, 3.63) is 53.6 Å². The number of halogens is 1. The van der Waals surface area contributed by atoms with Gasteiger partial charge in [0.15, 0.2) is 0 Å². The van der Waals surface area contributed by atoms with E-state index in [4.69, 9.17) is 16.3 Å². The summed E-state index contributed by atoms with van der Waals surface area (Å²) in [5.41, 5.74) is 0.714. The molecule has 21 heavy (non-hydrogen) atoms. The van der Waals surface area contributed by atoms with Crippen molar-refractivity contribution in [3.63, 3.8) is 0 Å². The summed E-state index contributed by atoms with van der Waals surface area (Å²) in [4.78, 5) is 13.1. The van der Waals surface area contributed by atoms with Gasteiger partial charge in [-0.15, -0.1) is 11.8 Å². The Kier molecular flexibility index (Phi) is 5.53. The van der Waals surface area contributed by atoms with Crippen LogP contribution in [0.15, 0.2) is 53.4 Å². The second-order valence-electron chi connectivity index (χ2n) is 4.41. The summed E-state index contributed by atoms with van der Waals surface area (Å²) < 4.78 is 5.13. The molecule has 0 heterocycles. The molecule has 0 bridgehead atoms. The van der Waals surface area contributed by atoms with E-state index in [-0.39, 0.29) is 11.2 Å². The zero-order chi connectivity index (χ0) is 15.2. The summed E-state index contributed by atoms with van der Waals surface area (Å²) in [5, 5.41) is 3.28. The highest BCUT2D eigenvalue weighted by Crippen LogP contribution is 2.30. The maximum absolute atomic E-state index is 12.2. The molecule has 0 spiro atoms. The minimum Gasteiger partial charge on any atom is -0.497 e. The molecular formula is C16H16ClNO2S. The molecule has 0 aliphatic rings. The quantitative estimate of drug-likeness (QED) is 0.826. The Bertz CT molecular complexity index is 633. The van der Waals surface area contributed by atoms with E-state index < -0.39 is 0 Å². The van der Waals surface area contributed by atoms with Crippen LogP contribution >= 0.6 is 23.4 Å². The number of amides is 1. The molecule has 2 aromatic rings. The second kappa shape index (κ2) is 7.38. The molecule has 3 nitrogen and oxygen atoms in total. The molecule has 0 aliphatic carbocycles. The van der Waals surface area contributed by atoms with Crippen molar-refractivity contribution in [2.24, 2.45) is 0 Å². The number of carbonyl (C=O) groups excluding carboxylic acids is 1. The molecule has 0 aromatic heterocycles. The monoisotopic (exact) mass is 321 g/mol. The van der Waals surface area contributed by atoms with Crippen LogP contribution in [0.1, 0.15) is 6.92 Å². The van der Waals surface area contributed by atoms with Crippen LogP contribution < -0.4 is 10.1 Å². The van der Waals surface area contributed by atoms with E-state index in [1.54, 1.807) is 13.2 Å². The molecule has 0 fully saturated rings. The Balaban J connectivity index is 2.01. The first-order valence-corrected chi connectivity index (χ1v) is 7.72. The van der Waals surface area contributed by atoms with E-state index in [0.717, 1.165) is 4.90 Å². The summed E-state index contributed by atoms with van der Waals surface area (Å²) in [6.07, 6.45) is 0. The van der Waals surface area contributed by atoms with Crippen LogP contribution in [0.25, 0.3) is 0 Å². The fourth-order valence-electron chi connectivity index (χ4n) is 1.73. The number of anilines is 1. The minimum atomic E-state index is -0.254. The predicted molar refractivity (Wildman–Crippen MR) is 88.4 cm³/mol. The van der Waals surface area contributed by atoms with Crippen LogP contribution in [0.5, 0.6) is 5.75 Å². The Morgan fingerprint density at radius 3 is 2.71 bits per heavy atom. The number of nitrogens with one attached hydrogen (secondary N) is 1. The standard InChI is InChI=1S/C16H16ClNO2S/c1-11(21-15-9-4-3-8-14(15)17)16(19)18-12-6-5-7-13(10-12)20-2/h3-11H,1-2H3,(H,18,19)/t11-/m0/s1. The summed E-state index contributed by atoms with van der Waals surface area (Å²) in [5.74, 6) is 0.632. The highest BCUT2D eigenvalue weighted by molar-refractivity contribution is 8.00. The van der Waals surface area contributed by atoms with E-state index in [1.807, 2.05) is 49.4 Å². The first-order valence-electron chi connectivity index (χ1n) is 6.46. The highest BCUT2D eigenvalue weighted by Gasteiger charge is 2.16. The van der Waals surface area contributed by atoms with Crippen molar-refractivity contribution in [2.45, 2.75) is 17.1 Å². The van der Waals surface area contributed by atoms with Gasteiger partial charge in [-0.1, -0.05) is 29.8 Å². The topological polar surface area (TPSA) is 38.3 Å². The lowest BCUT2D eigenvalue weighted by molar-refractivity contribution is -0.115. The number of benzene rings is 2. The Hall–Kier alpha value is -1.65. The van der Waals surface area contributed by atoms with Gasteiger partial charge in [0.1, 0.15) is 5.75 Å². The third kappa shape index (κ3) is 4.41. The third-order valence-electron chi connectivity index (χ3n) is 2.85. The second-order valence-corrected chi connectivity index (χ2v) is 6.20. The molecule has 0 saturated carbocycles. The fourth-order valence-corrected chi connectivity index (χ4v) is 2.88. The smallest absolute Gasteiger partial charge is 0.237 e. The van der Waals surface area contributed by atoms with Crippen molar-refractivity contribution >= 4 is 35.0 Å². The predicted octanol–water partition coefficient (Wildman–Crippen LogP) is 4.47. The molecule has 5 heteroatoms. The van der Waals surface area contributed by atoms with E-state index in [0.29, 0.717) is 16.5 Å². The fraction of sp³-hybridized carbons (Fsp3) is 0.188. The van der Waals surface area contributed by atoms with Gasteiger partial charge in [0.2, 0.25) is 5.91 Å². The van der Waals surface area contributed by atoms with Gasteiger partial charge in [-0.05, 0) is 31.2 Å². The molecule has 0 aliphatic heterocycles. The van der Waals surface area contributed by atoms with Crippen LogP contribution in [-0.2, 0) is 4.79 Å². The molecule has 2 rings (SSSR count). The lowest BCUT2D eigenvalue weighted by atomic mass is 10.3. The largest absolute Gasteiger partial charge is 0.497 e. The van der Waals surface area contributed by atoms with Crippen LogP contribution in [0.2, 0.25) is 5.02 Å². The van der Waals surface area contributed by atoms with E-state index in [1.165, 1.54) is 11.8 Å². The van der Waals surface area contributed by atoms with Gasteiger partial charge in [-0.25, -0.2) is 0 Å². The third-order valence-corrected chi connectivity index (χ3v) is 4.47. The maximum Gasteiger partial charge on any atom is 0.237 e. The Morgan fingerprint density at radius 2 is 2.00 bits per heavy atom. The van der Waals surface area contributed by atoms with Gasteiger partial charge in [0.05, 0.1) is 17.4 Å². The molecule has 110 valence electrons. The zero-order valence-corrected chi connectivity index (χ0v) is 13.4. The Morgan fingerprint density at radius 1 is 1.24 bits per heavy atom. The molecule has 1 atom stereocenters. The van der Waals surface area contributed by atoms with Crippen molar-refractivity contribution in [3.8, 4) is 5.75 Å². The van der Waals surface area contributed by atoms with Gasteiger partial charge in [-0.2, -0.15) is 0 Å². The molecule has 0 saturated heterocycles. The van der Waals surface area contributed by atoms with E-state index >= 15 is 0 Å². The SMILES string of the molecule is COc1cccc(NC(=O)[C@H](C)Sc2ccccc2Cl)c1.